The molecule has 21 heavy (non-hydrogen) atoms. The van der Waals surface area contributed by atoms with Gasteiger partial charge in [0.2, 0.25) is 5.95 Å². The third-order valence-corrected chi connectivity index (χ3v) is 4.07. The lowest BCUT2D eigenvalue weighted by atomic mass is 10.3. The molecule has 2 aromatic rings. The minimum atomic E-state index is 0.835. The Balaban J connectivity index is 1.55. The summed E-state index contributed by atoms with van der Waals surface area (Å²) in [5, 5.41) is 0. The van der Waals surface area contributed by atoms with Gasteiger partial charge in [-0.05, 0) is 40.5 Å². The van der Waals surface area contributed by atoms with Crippen LogP contribution in [0, 0.1) is 6.92 Å². The van der Waals surface area contributed by atoms with E-state index in [-0.39, 0.29) is 0 Å². The van der Waals surface area contributed by atoms with Crippen molar-refractivity contribution in [1.29, 1.82) is 0 Å². The Labute approximate surface area is 133 Å². The second-order valence-electron chi connectivity index (χ2n) is 5.29. The number of aromatic nitrogens is 3. The largest absolute Gasteiger partial charge is 0.338 e. The normalized spacial score (nSPS) is 16.2. The van der Waals surface area contributed by atoms with E-state index in [1.165, 1.54) is 0 Å². The first-order chi connectivity index (χ1) is 10.2. The van der Waals surface area contributed by atoms with Crippen LogP contribution in [-0.4, -0.2) is 46.0 Å². The molecule has 0 N–H and O–H groups in total. The van der Waals surface area contributed by atoms with Crippen LogP contribution in [0.5, 0.6) is 0 Å². The molecule has 0 saturated carbocycles. The molecule has 6 heteroatoms. The van der Waals surface area contributed by atoms with Crippen molar-refractivity contribution in [2.24, 2.45) is 0 Å². The minimum absolute atomic E-state index is 0.835. The van der Waals surface area contributed by atoms with Crippen molar-refractivity contribution in [3.8, 4) is 0 Å². The molecule has 3 heterocycles. The zero-order chi connectivity index (χ0) is 14.7. The minimum Gasteiger partial charge on any atom is -0.338 e. The smallest absolute Gasteiger partial charge is 0.225 e. The van der Waals surface area contributed by atoms with Crippen molar-refractivity contribution in [3.05, 3.63) is 46.5 Å². The molecule has 0 amide bonds. The van der Waals surface area contributed by atoms with E-state index < -0.39 is 0 Å². The van der Waals surface area contributed by atoms with Gasteiger partial charge in [0.25, 0.3) is 0 Å². The standard InChI is InChI=1S/C15H18BrN5/c1-12-8-18-15(19-9-12)21-6-4-20(5-7-21)11-14-3-2-13(16)10-17-14/h2-3,8-10H,4-7,11H2,1H3. The molecule has 0 bridgehead atoms. The van der Waals surface area contributed by atoms with Gasteiger partial charge in [0.05, 0.1) is 5.69 Å². The first-order valence-electron chi connectivity index (χ1n) is 7.07. The summed E-state index contributed by atoms with van der Waals surface area (Å²) in [5.41, 5.74) is 2.21. The van der Waals surface area contributed by atoms with Crippen LogP contribution in [0.1, 0.15) is 11.3 Å². The highest BCUT2D eigenvalue weighted by atomic mass is 79.9. The average Bonchev–Trinajstić information content (AvgIpc) is 2.51. The molecule has 1 saturated heterocycles. The quantitative estimate of drug-likeness (QED) is 0.852. The summed E-state index contributed by atoms with van der Waals surface area (Å²) < 4.78 is 1.02. The summed E-state index contributed by atoms with van der Waals surface area (Å²) in [4.78, 5) is 17.9. The van der Waals surface area contributed by atoms with Gasteiger partial charge in [-0.2, -0.15) is 0 Å². The molecule has 3 rings (SSSR count). The summed E-state index contributed by atoms with van der Waals surface area (Å²) in [5.74, 6) is 0.835. The van der Waals surface area contributed by atoms with Gasteiger partial charge in [-0.25, -0.2) is 9.97 Å². The summed E-state index contributed by atoms with van der Waals surface area (Å²) in [6, 6.07) is 4.11. The van der Waals surface area contributed by atoms with Gasteiger partial charge in [-0.3, -0.25) is 9.88 Å². The van der Waals surface area contributed by atoms with Crippen LogP contribution in [0.3, 0.4) is 0 Å². The van der Waals surface area contributed by atoms with E-state index in [0.717, 1.165) is 54.4 Å². The van der Waals surface area contributed by atoms with Gasteiger partial charge in [-0.15, -0.1) is 0 Å². The highest BCUT2D eigenvalue weighted by Crippen LogP contribution is 2.13. The van der Waals surface area contributed by atoms with E-state index in [9.17, 15) is 0 Å². The fourth-order valence-electron chi connectivity index (χ4n) is 2.38. The monoisotopic (exact) mass is 347 g/mol. The molecule has 110 valence electrons. The molecule has 0 aromatic carbocycles. The van der Waals surface area contributed by atoms with Crippen LogP contribution >= 0.6 is 15.9 Å². The molecule has 0 atom stereocenters. The van der Waals surface area contributed by atoms with Crippen molar-refractivity contribution in [3.63, 3.8) is 0 Å². The third-order valence-electron chi connectivity index (χ3n) is 3.60. The van der Waals surface area contributed by atoms with Crippen molar-refractivity contribution < 1.29 is 0 Å². The molecule has 5 nitrogen and oxygen atoms in total. The van der Waals surface area contributed by atoms with Crippen molar-refractivity contribution in [1.82, 2.24) is 19.9 Å². The summed E-state index contributed by atoms with van der Waals surface area (Å²) in [7, 11) is 0. The van der Waals surface area contributed by atoms with Crippen LogP contribution in [0.25, 0.3) is 0 Å². The zero-order valence-electron chi connectivity index (χ0n) is 12.0. The molecule has 1 aliphatic heterocycles. The Bertz CT molecular complexity index is 576. The summed E-state index contributed by atoms with van der Waals surface area (Å²) in [6.45, 7) is 6.84. The number of hydrogen-bond donors (Lipinski definition) is 0. The highest BCUT2D eigenvalue weighted by molar-refractivity contribution is 9.10. The van der Waals surface area contributed by atoms with E-state index in [4.69, 9.17) is 0 Å². The number of nitrogens with zero attached hydrogens (tertiary/aromatic N) is 5. The SMILES string of the molecule is Cc1cnc(N2CCN(Cc3ccc(Br)cn3)CC2)nc1. The van der Waals surface area contributed by atoms with Crippen LogP contribution in [0.2, 0.25) is 0 Å². The second-order valence-corrected chi connectivity index (χ2v) is 6.21. The van der Waals surface area contributed by atoms with E-state index in [2.05, 4.69) is 46.7 Å². The molecule has 1 aliphatic rings. The average molecular weight is 348 g/mol. The van der Waals surface area contributed by atoms with Gasteiger partial charge in [0, 0.05) is 55.8 Å². The zero-order valence-corrected chi connectivity index (χ0v) is 13.6. The predicted octanol–water partition coefficient (Wildman–Crippen LogP) is 2.26. The Morgan fingerprint density at radius 2 is 1.71 bits per heavy atom. The molecule has 2 aromatic heterocycles. The molecule has 1 fully saturated rings. The number of aryl methyl sites for hydroxylation is 1. The lowest BCUT2D eigenvalue weighted by Gasteiger charge is -2.34. The van der Waals surface area contributed by atoms with Gasteiger partial charge in [-0.1, -0.05) is 0 Å². The first kappa shape index (κ1) is 14.4. The highest BCUT2D eigenvalue weighted by Gasteiger charge is 2.19. The lowest BCUT2D eigenvalue weighted by Crippen LogP contribution is -2.46. The molecular weight excluding hydrogens is 330 g/mol. The number of piperazine rings is 1. The predicted molar refractivity (Wildman–Crippen MR) is 86.2 cm³/mol. The van der Waals surface area contributed by atoms with Crippen LogP contribution < -0.4 is 4.90 Å². The number of anilines is 1. The number of hydrogen-bond acceptors (Lipinski definition) is 5. The van der Waals surface area contributed by atoms with Crippen molar-refractivity contribution in [2.75, 3.05) is 31.1 Å². The van der Waals surface area contributed by atoms with Crippen LogP contribution in [0.15, 0.2) is 35.2 Å². The maximum atomic E-state index is 4.43. The fourth-order valence-corrected chi connectivity index (χ4v) is 2.62. The molecule has 0 spiro atoms. The molecule has 0 radical (unpaired) electrons. The Hall–Kier alpha value is -1.53. The topological polar surface area (TPSA) is 45.2 Å². The Kier molecular flexibility index (Phi) is 4.45. The number of pyridine rings is 1. The van der Waals surface area contributed by atoms with E-state index in [1.54, 1.807) is 0 Å². The van der Waals surface area contributed by atoms with Crippen LogP contribution in [0.4, 0.5) is 5.95 Å². The van der Waals surface area contributed by atoms with Crippen LogP contribution in [-0.2, 0) is 6.54 Å². The van der Waals surface area contributed by atoms with E-state index in [0.29, 0.717) is 0 Å². The molecule has 0 aliphatic carbocycles. The Morgan fingerprint density at radius 1 is 1.00 bits per heavy atom. The summed E-state index contributed by atoms with van der Waals surface area (Å²) >= 11 is 3.41. The maximum Gasteiger partial charge on any atom is 0.225 e. The van der Waals surface area contributed by atoms with Crippen molar-refractivity contribution in [2.45, 2.75) is 13.5 Å². The number of rotatable bonds is 3. The fraction of sp³-hybridized carbons (Fsp3) is 0.400. The van der Waals surface area contributed by atoms with E-state index in [1.807, 2.05) is 31.6 Å². The number of halogens is 1. The third kappa shape index (κ3) is 3.77. The molecule has 0 unspecified atom stereocenters. The Morgan fingerprint density at radius 3 is 2.33 bits per heavy atom. The van der Waals surface area contributed by atoms with Gasteiger partial charge in [0.15, 0.2) is 0 Å². The second kappa shape index (κ2) is 6.49. The molecular formula is C15H18BrN5. The first-order valence-corrected chi connectivity index (χ1v) is 7.86. The maximum absolute atomic E-state index is 4.43. The summed E-state index contributed by atoms with van der Waals surface area (Å²) in [6.07, 6.45) is 5.60. The van der Waals surface area contributed by atoms with Gasteiger partial charge in [0.1, 0.15) is 0 Å². The van der Waals surface area contributed by atoms with E-state index >= 15 is 0 Å². The van der Waals surface area contributed by atoms with Gasteiger partial charge >= 0.3 is 0 Å². The van der Waals surface area contributed by atoms with Crippen molar-refractivity contribution >= 4 is 21.9 Å². The van der Waals surface area contributed by atoms with Gasteiger partial charge < -0.3 is 4.90 Å². The lowest BCUT2D eigenvalue weighted by molar-refractivity contribution is 0.246.